The number of hydrogen-bond acceptors (Lipinski definition) is 6. The van der Waals surface area contributed by atoms with E-state index >= 15 is 0 Å². The van der Waals surface area contributed by atoms with Gasteiger partial charge in [-0.05, 0) is 31.7 Å². The van der Waals surface area contributed by atoms with Crippen molar-refractivity contribution in [3.63, 3.8) is 0 Å². The summed E-state index contributed by atoms with van der Waals surface area (Å²) in [5.74, 6) is 2.36. The molecule has 1 atom stereocenters. The Morgan fingerprint density at radius 1 is 1.41 bits per heavy atom. The largest absolute Gasteiger partial charge is 0.354 e. The van der Waals surface area contributed by atoms with E-state index in [-0.39, 0.29) is 35.8 Å². The van der Waals surface area contributed by atoms with Gasteiger partial charge < -0.3 is 15.2 Å². The van der Waals surface area contributed by atoms with Gasteiger partial charge in [0.1, 0.15) is 22.2 Å². The Kier molecular flexibility index (Phi) is 9.67. The molecule has 1 unspecified atom stereocenters. The quantitative estimate of drug-likeness (QED) is 0.310. The highest BCUT2D eigenvalue weighted by Gasteiger charge is 2.11. The van der Waals surface area contributed by atoms with Crippen molar-refractivity contribution in [1.29, 1.82) is 0 Å². The maximum Gasteiger partial charge on any atom is 0.192 e. The molecule has 0 aliphatic carbocycles. The van der Waals surface area contributed by atoms with E-state index in [1.54, 1.807) is 11.3 Å². The van der Waals surface area contributed by atoms with E-state index in [0.717, 1.165) is 11.6 Å². The lowest BCUT2D eigenvalue weighted by atomic mass is 10.3. The van der Waals surface area contributed by atoms with Gasteiger partial charge in [-0.15, -0.1) is 45.5 Å². The Balaban J connectivity index is 0.00000364. The van der Waals surface area contributed by atoms with Crippen LogP contribution >= 0.6 is 35.3 Å². The van der Waals surface area contributed by atoms with Crippen molar-refractivity contribution in [2.75, 3.05) is 12.0 Å². The predicted molar refractivity (Wildman–Crippen MR) is 120 cm³/mol. The van der Waals surface area contributed by atoms with Crippen molar-refractivity contribution in [3.8, 4) is 0 Å². The summed E-state index contributed by atoms with van der Waals surface area (Å²) in [4.78, 5) is 5.77. The first-order valence-corrected chi connectivity index (χ1v) is 11.3. The van der Waals surface area contributed by atoms with Crippen molar-refractivity contribution >= 4 is 51.1 Å². The second kappa shape index (κ2) is 11.0. The van der Waals surface area contributed by atoms with Gasteiger partial charge in [-0.1, -0.05) is 6.07 Å². The number of halogens is 1. The van der Waals surface area contributed by atoms with Crippen molar-refractivity contribution in [1.82, 2.24) is 25.4 Å². The molecule has 2 N–H and O–H groups in total. The van der Waals surface area contributed by atoms with Crippen LogP contribution in [0.5, 0.6) is 0 Å². The highest BCUT2D eigenvalue weighted by Crippen LogP contribution is 2.07. The van der Waals surface area contributed by atoms with Crippen LogP contribution in [0.4, 0.5) is 0 Å². The van der Waals surface area contributed by atoms with E-state index in [1.165, 1.54) is 11.1 Å². The van der Waals surface area contributed by atoms with Gasteiger partial charge in [0.25, 0.3) is 0 Å². The molecule has 152 valence electrons. The van der Waals surface area contributed by atoms with Crippen LogP contribution in [0.25, 0.3) is 0 Å². The van der Waals surface area contributed by atoms with Crippen LogP contribution in [-0.2, 0) is 30.0 Å². The fourth-order valence-corrected chi connectivity index (χ4v) is 3.60. The smallest absolute Gasteiger partial charge is 0.192 e. The van der Waals surface area contributed by atoms with Crippen LogP contribution in [-0.4, -0.2) is 47.2 Å². The number of aromatic nitrogens is 3. The summed E-state index contributed by atoms with van der Waals surface area (Å²) in [5, 5.41) is 16.7. The molecular weight excluding hydrogens is 499 g/mol. The zero-order valence-corrected chi connectivity index (χ0v) is 19.9. The second-order valence-corrected chi connectivity index (χ2v) is 9.58. The SMILES string of the molecule is Cc1nnc(CN=C(NCc2cccs2)NC(C)CCS(C)(=O)=O)n1C.I. The lowest BCUT2D eigenvalue weighted by molar-refractivity contribution is 0.580. The van der Waals surface area contributed by atoms with Gasteiger partial charge >= 0.3 is 0 Å². The molecule has 2 heterocycles. The minimum absolute atomic E-state index is 0. The van der Waals surface area contributed by atoms with E-state index in [9.17, 15) is 8.42 Å². The standard InChI is InChI=1S/C16H26N6O2S2.HI/c1-12(7-9-26(4,23)24)19-16(17-10-14-6-5-8-25-14)18-11-15-21-20-13(2)22(15)3;/h5-6,8,12H,7,9-11H2,1-4H3,(H2,17,18,19);1H. The molecular formula is C16H27IN6O2S2. The molecule has 0 radical (unpaired) electrons. The van der Waals surface area contributed by atoms with Crippen molar-refractivity contribution in [2.45, 2.75) is 39.4 Å². The number of sulfone groups is 1. The number of nitrogens with zero attached hydrogens (tertiary/aromatic N) is 4. The summed E-state index contributed by atoms with van der Waals surface area (Å²) >= 11 is 1.67. The number of hydrogen-bond donors (Lipinski definition) is 2. The topological polar surface area (TPSA) is 101 Å². The summed E-state index contributed by atoms with van der Waals surface area (Å²) in [6.07, 6.45) is 1.77. The molecule has 2 aromatic rings. The third-order valence-corrected chi connectivity index (χ3v) is 5.73. The summed E-state index contributed by atoms with van der Waals surface area (Å²) in [7, 11) is -1.08. The first-order chi connectivity index (χ1) is 12.2. The summed E-state index contributed by atoms with van der Waals surface area (Å²) in [6.45, 7) is 4.87. The zero-order valence-electron chi connectivity index (χ0n) is 16.0. The predicted octanol–water partition coefficient (Wildman–Crippen LogP) is 1.86. The number of aryl methyl sites for hydroxylation is 1. The van der Waals surface area contributed by atoms with E-state index in [2.05, 4.69) is 31.9 Å². The van der Waals surface area contributed by atoms with Gasteiger partial charge in [0, 0.05) is 24.2 Å². The first kappa shape index (κ1) is 23.8. The Hall–Kier alpha value is -1.21. The van der Waals surface area contributed by atoms with Crippen LogP contribution < -0.4 is 10.6 Å². The number of nitrogens with one attached hydrogen (secondary N) is 2. The van der Waals surface area contributed by atoms with Crippen LogP contribution in [0, 0.1) is 6.92 Å². The normalized spacial score (nSPS) is 13.1. The Morgan fingerprint density at radius 3 is 2.70 bits per heavy atom. The third-order valence-electron chi connectivity index (χ3n) is 3.88. The summed E-state index contributed by atoms with van der Waals surface area (Å²) in [5.41, 5.74) is 0. The van der Waals surface area contributed by atoms with Gasteiger partial charge in [0.2, 0.25) is 0 Å². The molecule has 11 heteroatoms. The first-order valence-electron chi connectivity index (χ1n) is 8.34. The molecule has 0 aromatic carbocycles. The monoisotopic (exact) mass is 526 g/mol. The Morgan fingerprint density at radius 2 is 2.15 bits per heavy atom. The molecule has 0 aliphatic rings. The zero-order chi connectivity index (χ0) is 19.2. The molecule has 27 heavy (non-hydrogen) atoms. The summed E-state index contributed by atoms with van der Waals surface area (Å²) < 4.78 is 24.6. The highest BCUT2D eigenvalue weighted by atomic mass is 127. The van der Waals surface area contributed by atoms with Crippen molar-refractivity contribution < 1.29 is 8.42 Å². The minimum atomic E-state index is -2.98. The second-order valence-electron chi connectivity index (χ2n) is 6.28. The molecule has 2 rings (SSSR count). The van der Waals surface area contributed by atoms with Crippen LogP contribution in [0.1, 0.15) is 29.9 Å². The fourth-order valence-electron chi connectivity index (χ4n) is 2.17. The van der Waals surface area contributed by atoms with Gasteiger partial charge in [-0.25, -0.2) is 13.4 Å². The molecule has 0 bridgehead atoms. The lowest BCUT2D eigenvalue weighted by Crippen LogP contribution is -2.42. The molecule has 0 saturated carbocycles. The molecule has 8 nitrogen and oxygen atoms in total. The van der Waals surface area contributed by atoms with Crippen molar-refractivity contribution in [2.24, 2.45) is 12.0 Å². The van der Waals surface area contributed by atoms with Gasteiger partial charge in [0.05, 0.1) is 12.3 Å². The van der Waals surface area contributed by atoms with E-state index in [1.807, 2.05) is 36.9 Å². The number of rotatable bonds is 8. The van der Waals surface area contributed by atoms with E-state index < -0.39 is 9.84 Å². The van der Waals surface area contributed by atoms with E-state index in [0.29, 0.717) is 25.5 Å². The maximum atomic E-state index is 11.4. The van der Waals surface area contributed by atoms with Gasteiger partial charge in [-0.2, -0.15) is 0 Å². The van der Waals surface area contributed by atoms with Gasteiger partial charge in [0.15, 0.2) is 11.8 Å². The highest BCUT2D eigenvalue weighted by molar-refractivity contribution is 14.0. The average molecular weight is 526 g/mol. The average Bonchev–Trinajstić information content (AvgIpc) is 3.19. The van der Waals surface area contributed by atoms with Crippen molar-refractivity contribution in [3.05, 3.63) is 34.0 Å². The molecule has 2 aromatic heterocycles. The molecule has 0 fully saturated rings. The molecule has 0 spiro atoms. The fraction of sp³-hybridized carbons (Fsp3) is 0.562. The van der Waals surface area contributed by atoms with E-state index in [4.69, 9.17) is 0 Å². The lowest BCUT2D eigenvalue weighted by Gasteiger charge is -2.18. The minimum Gasteiger partial charge on any atom is -0.354 e. The van der Waals surface area contributed by atoms with Gasteiger partial charge in [-0.3, -0.25) is 0 Å². The van der Waals surface area contributed by atoms with Crippen LogP contribution in [0.3, 0.4) is 0 Å². The van der Waals surface area contributed by atoms with Crippen LogP contribution in [0.15, 0.2) is 22.5 Å². The Labute approximate surface area is 181 Å². The van der Waals surface area contributed by atoms with Crippen LogP contribution in [0.2, 0.25) is 0 Å². The number of guanidine groups is 1. The number of thiophene rings is 1. The third kappa shape index (κ3) is 8.56. The molecule has 0 aliphatic heterocycles. The molecule has 0 amide bonds. The Bertz CT molecular complexity index is 833. The summed E-state index contributed by atoms with van der Waals surface area (Å²) in [6, 6.07) is 4.03. The number of aliphatic imine (C=N–C) groups is 1. The molecule has 0 saturated heterocycles. The maximum absolute atomic E-state index is 11.4.